The second-order valence-electron chi connectivity index (χ2n) is 4.77. The molecule has 0 aliphatic carbocycles. The summed E-state index contributed by atoms with van der Waals surface area (Å²) in [6, 6.07) is 0. The Kier molecular flexibility index (Phi) is 11.2. The standard InChI is InChI=1S/C13H27O5P/c1-2-18-13(14)11-9-7-5-3-4-6-8-10-12-19(15,16)17/h2-12H2,1H3,(H2,15,16,17). The second kappa shape index (κ2) is 11.4. The summed E-state index contributed by atoms with van der Waals surface area (Å²) in [7, 11) is -3.80. The largest absolute Gasteiger partial charge is 0.466 e. The Morgan fingerprint density at radius 1 is 0.947 bits per heavy atom. The number of rotatable bonds is 12. The molecule has 5 nitrogen and oxygen atoms in total. The monoisotopic (exact) mass is 294 g/mol. The van der Waals surface area contributed by atoms with E-state index in [0.717, 1.165) is 44.9 Å². The first-order valence-electron chi connectivity index (χ1n) is 7.16. The number of carbonyl (C=O) groups is 1. The summed E-state index contributed by atoms with van der Waals surface area (Å²) < 4.78 is 15.4. The maximum absolute atomic E-state index is 11.0. The number of hydrogen-bond donors (Lipinski definition) is 2. The minimum Gasteiger partial charge on any atom is -0.466 e. The summed E-state index contributed by atoms with van der Waals surface area (Å²) in [5.41, 5.74) is 0. The normalized spacial score (nSPS) is 11.5. The van der Waals surface area contributed by atoms with Gasteiger partial charge in [-0.15, -0.1) is 0 Å². The molecule has 114 valence electrons. The molecule has 0 radical (unpaired) electrons. The fraction of sp³-hybridized carbons (Fsp3) is 0.923. The predicted molar refractivity (Wildman–Crippen MR) is 75.1 cm³/mol. The number of hydrogen-bond acceptors (Lipinski definition) is 3. The highest BCUT2D eigenvalue weighted by molar-refractivity contribution is 7.51. The van der Waals surface area contributed by atoms with E-state index in [2.05, 4.69) is 0 Å². The third-order valence-electron chi connectivity index (χ3n) is 2.89. The highest BCUT2D eigenvalue weighted by Gasteiger charge is 2.10. The highest BCUT2D eigenvalue weighted by atomic mass is 31.2. The lowest BCUT2D eigenvalue weighted by Gasteiger charge is -2.04. The van der Waals surface area contributed by atoms with E-state index < -0.39 is 7.60 Å². The quantitative estimate of drug-likeness (QED) is 0.328. The van der Waals surface area contributed by atoms with Crippen LogP contribution < -0.4 is 0 Å². The SMILES string of the molecule is CCOC(=O)CCCCCCCCCCP(=O)(O)O. The molecule has 0 spiro atoms. The lowest BCUT2D eigenvalue weighted by atomic mass is 10.1. The van der Waals surface area contributed by atoms with Crippen LogP contribution in [0.1, 0.15) is 64.7 Å². The second-order valence-corrected chi connectivity index (χ2v) is 6.55. The summed E-state index contributed by atoms with van der Waals surface area (Å²) in [6.07, 6.45) is 8.29. The van der Waals surface area contributed by atoms with E-state index in [1.807, 2.05) is 6.92 Å². The van der Waals surface area contributed by atoms with Crippen LogP contribution in [-0.2, 0) is 14.1 Å². The minimum atomic E-state index is -3.80. The molecular formula is C13H27O5P. The molecule has 19 heavy (non-hydrogen) atoms. The van der Waals surface area contributed by atoms with Crippen LogP contribution in [-0.4, -0.2) is 28.5 Å². The summed E-state index contributed by atoms with van der Waals surface area (Å²) in [6.45, 7) is 2.26. The van der Waals surface area contributed by atoms with E-state index in [-0.39, 0.29) is 12.1 Å². The molecule has 2 N–H and O–H groups in total. The topological polar surface area (TPSA) is 83.8 Å². The molecule has 0 heterocycles. The Bertz CT molecular complexity index is 274. The Balaban J connectivity index is 3.15. The fourth-order valence-corrected chi connectivity index (χ4v) is 2.52. The van der Waals surface area contributed by atoms with Crippen LogP contribution in [0.5, 0.6) is 0 Å². The molecule has 0 aliphatic rings. The molecule has 0 rings (SSSR count). The zero-order chi connectivity index (χ0) is 14.6. The van der Waals surface area contributed by atoms with Crippen LogP contribution in [0.4, 0.5) is 0 Å². The number of unbranched alkanes of at least 4 members (excludes halogenated alkanes) is 7. The molecule has 6 heteroatoms. The van der Waals surface area contributed by atoms with Gasteiger partial charge < -0.3 is 14.5 Å². The van der Waals surface area contributed by atoms with Crippen molar-refractivity contribution in [3.63, 3.8) is 0 Å². The van der Waals surface area contributed by atoms with Crippen molar-refractivity contribution < 1.29 is 23.9 Å². The third kappa shape index (κ3) is 15.6. The van der Waals surface area contributed by atoms with Crippen molar-refractivity contribution in [2.45, 2.75) is 64.7 Å². The van der Waals surface area contributed by atoms with Crippen LogP contribution in [0.15, 0.2) is 0 Å². The van der Waals surface area contributed by atoms with Gasteiger partial charge in [0.05, 0.1) is 6.61 Å². The first-order valence-corrected chi connectivity index (χ1v) is 8.95. The van der Waals surface area contributed by atoms with Gasteiger partial charge in [0.2, 0.25) is 0 Å². The number of carbonyl (C=O) groups excluding carboxylic acids is 1. The van der Waals surface area contributed by atoms with Gasteiger partial charge in [-0.25, -0.2) is 0 Å². The lowest BCUT2D eigenvalue weighted by Crippen LogP contribution is -2.03. The van der Waals surface area contributed by atoms with Gasteiger partial charge in [-0.2, -0.15) is 0 Å². The van der Waals surface area contributed by atoms with E-state index in [4.69, 9.17) is 14.5 Å². The van der Waals surface area contributed by atoms with E-state index in [0.29, 0.717) is 19.4 Å². The van der Waals surface area contributed by atoms with Gasteiger partial charge in [-0.05, 0) is 19.8 Å². The van der Waals surface area contributed by atoms with Crippen molar-refractivity contribution in [1.29, 1.82) is 0 Å². The Morgan fingerprint density at radius 2 is 1.42 bits per heavy atom. The first kappa shape index (κ1) is 18.6. The van der Waals surface area contributed by atoms with Crippen molar-refractivity contribution in [2.75, 3.05) is 12.8 Å². The van der Waals surface area contributed by atoms with Crippen molar-refractivity contribution in [3.05, 3.63) is 0 Å². The molecule has 0 saturated heterocycles. The van der Waals surface area contributed by atoms with E-state index in [1.54, 1.807) is 0 Å². The van der Waals surface area contributed by atoms with Crippen LogP contribution in [0.3, 0.4) is 0 Å². The number of esters is 1. The zero-order valence-corrected chi connectivity index (χ0v) is 12.7. The summed E-state index contributed by atoms with van der Waals surface area (Å²) in [4.78, 5) is 28.4. The average molecular weight is 294 g/mol. The maximum atomic E-state index is 11.0. The highest BCUT2D eigenvalue weighted by Crippen LogP contribution is 2.35. The molecule has 0 aliphatic heterocycles. The fourth-order valence-electron chi connectivity index (χ4n) is 1.88. The van der Waals surface area contributed by atoms with Crippen molar-refractivity contribution in [3.8, 4) is 0 Å². The summed E-state index contributed by atoms with van der Waals surface area (Å²) in [5.74, 6) is -0.111. The van der Waals surface area contributed by atoms with E-state index >= 15 is 0 Å². The Morgan fingerprint density at radius 3 is 1.89 bits per heavy atom. The maximum Gasteiger partial charge on any atom is 0.325 e. The molecule has 0 bridgehead atoms. The molecule has 0 aromatic rings. The molecule has 0 fully saturated rings. The molecule has 0 aromatic heterocycles. The van der Waals surface area contributed by atoms with Gasteiger partial charge >= 0.3 is 13.6 Å². The van der Waals surface area contributed by atoms with Crippen LogP contribution in [0.2, 0.25) is 0 Å². The van der Waals surface area contributed by atoms with Gasteiger partial charge in [0, 0.05) is 12.6 Å². The molecule has 0 saturated carbocycles. The zero-order valence-electron chi connectivity index (χ0n) is 11.8. The smallest absolute Gasteiger partial charge is 0.325 e. The molecule has 0 unspecified atom stereocenters. The molecule has 0 amide bonds. The Labute approximate surface area is 115 Å². The Hall–Kier alpha value is -0.380. The summed E-state index contributed by atoms with van der Waals surface area (Å²) in [5, 5.41) is 0. The van der Waals surface area contributed by atoms with Gasteiger partial charge in [0.1, 0.15) is 0 Å². The van der Waals surface area contributed by atoms with E-state index in [9.17, 15) is 9.36 Å². The first-order chi connectivity index (χ1) is 8.95. The van der Waals surface area contributed by atoms with Gasteiger partial charge in [-0.1, -0.05) is 38.5 Å². The van der Waals surface area contributed by atoms with Gasteiger partial charge in [-0.3, -0.25) is 9.36 Å². The van der Waals surface area contributed by atoms with Gasteiger partial charge in [0.25, 0.3) is 0 Å². The van der Waals surface area contributed by atoms with E-state index in [1.165, 1.54) is 0 Å². The minimum absolute atomic E-state index is 0.00649. The van der Waals surface area contributed by atoms with Crippen molar-refractivity contribution >= 4 is 13.6 Å². The lowest BCUT2D eigenvalue weighted by molar-refractivity contribution is -0.143. The molecule has 0 aromatic carbocycles. The van der Waals surface area contributed by atoms with Crippen LogP contribution in [0, 0.1) is 0 Å². The third-order valence-corrected chi connectivity index (χ3v) is 3.78. The number of ether oxygens (including phenoxy) is 1. The van der Waals surface area contributed by atoms with Gasteiger partial charge in [0.15, 0.2) is 0 Å². The molecular weight excluding hydrogens is 267 g/mol. The van der Waals surface area contributed by atoms with Crippen molar-refractivity contribution in [1.82, 2.24) is 0 Å². The van der Waals surface area contributed by atoms with Crippen LogP contribution in [0.25, 0.3) is 0 Å². The average Bonchev–Trinajstić information content (AvgIpc) is 2.30. The van der Waals surface area contributed by atoms with Crippen molar-refractivity contribution in [2.24, 2.45) is 0 Å². The van der Waals surface area contributed by atoms with Crippen LogP contribution >= 0.6 is 7.60 Å². The predicted octanol–water partition coefficient (Wildman–Crippen LogP) is 3.24. The molecule has 0 atom stereocenters. The summed E-state index contributed by atoms with van der Waals surface area (Å²) >= 11 is 0.